The van der Waals surface area contributed by atoms with Gasteiger partial charge in [0.1, 0.15) is 5.82 Å². The van der Waals surface area contributed by atoms with E-state index in [0.717, 1.165) is 11.1 Å². The second-order valence-electron chi connectivity index (χ2n) is 6.24. The van der Waals surface area contributed by atoms with Crippen LogP contribution in [0.2, 0.25) is 0 Å². The van der Waals surface area contributed by atoms with Crippen molar-refractivity contribution in [3.05, 3.63) is 83.9 Å². The van der Waals surface area contributed by atoms with Crippen molar-refractivity contribution in [2.45, 2.75) is 19.4 Å². The average molecular weight is 382 g/mol. The van der Waals surface area contributed by atoms with Crippen LogP contribution in [-0.2, 0) is 16.4 Å². The number of aryl methyl sites for hydroxylation is 1. The molecule has 0 fully saturated rings. The first-order valence-corrected chi connectivity index (χ1v) is 10.4. The SMILES string of the molecule is CC(Nc1ccc(NS(=O)(=O)CCc2ccccc2)nn1)c1ccccc1. The van der Waals surface area contributed by atoms with Crippen molar-refractivity contribution < 1.29 is 8.42 Å². The molecule has 3 rings (SSSR count). The zero-order chi connectivity index (χ0) is 19.1. The number of nitrogens with one attached hydrogen (secondary N) is 2. The Morgan fingerprint density at radius 2 is 1.44 bits per heavy atom. The zero-order valence-corrected chi connectivity index (χ0v) is 15.9. The molecule has 1 atom stereocenters. The molecule has 0 aliphatic heterocycles. The lowest BCUT2D eigenvalue weighted by atomic mass is 10.1. The first-order chi connectivity index (χ1) is 13.0. The molecule has 140 valence electrons. The van der Waals surface area contributed by atoms with Gasteiger partial charge in [-0.3, -0.25) is 4.72 Å². The summed E-state index contributed by atoms with van der Waals surface area (Å²) >= 11 is 0. The summed E-state index contributed by atoms with van der Waals surface area (Å²) in [6, 6.07) is 22.9. The third-order valence-corrected chi connectivity index (χ3v) is 5.35. The van der Waals surface area contributed by atoms with Crippen LogP contribution in [-0.4, -0.2) is 24.4 Å². The molecule has 0 radical (unpaired) electrons. The van der Waals surface area contributed by atoms with Crippen LogP contribution < -0.4 is 10.0 Å². The fourth-order valence-electron chi connectivity index (χ4n) is 2.62. The Bertz CT molecular complexity index is 946. The van der Waals surface area contributed by atoms with Crippen LogP contribution in [0.15, 0.2) is 72.8 Å². The number of anilines is 2. The van der Waals surface area contributed by atoms with Gasteiger partial charge >= 0.3 is 0 Å². The largest absolute Gasteiger partial charge is 0.362 e. The Morgan fingerprint density at radius 1 is 0.852 bits per heavy atom. The molecular formula is C20H22N4O2S. The van der Waals surface area contributed by atoms with Crippen LogP contribution >= 0.6 is 0 Å². The molecule has 1 aromatic heterocycles. The molecule has 0 saturated heterocycles. The van der Waals surface area contributed by atoms with E-state index in [1.807, 2.05) is 67.6 Å². The minimum atomic E-state index is -3.48. The van der Waals surface area contributed by atoms with Gasteiger partial charge in [0.25, 0.3) is 0 Å². The summed E-state index contributed by atoms with van der Waals surface area (Å²) in [7, 11) is -3.48. The van der Waals surface area contributed by atoms with Crippen molar-refractivity contribution in [2.75, 3.05) is 15.8 Å². The maximum atomic E-state index is 12.2. The highest BCUT2D eigenvalue weighted by Gasteiger charge is 2.12. The number of sulfonamides is 1. The van der Waals surface area contributed by atoms with E-state index in [0.29, 0.717) is 12.2 Å². The minimum Gasteiger partial charge on any atom is -0.362 e. The number of benzene rings is 2. The second-order valence-corrected chi connectivity index (χ2v) is 8.08. The quantitative estimate of drug-likeness (QED) is 0.621. The lowest BCUT2D eigenvalue weighted by Crippen LogP contribution is -2.19. The fraction of sp³-hybridized carbons (Fsp3) is 0.200. The smallest absolute Gasteiger partial charge is 0.234 e. The van der Waals surface area contributed by atoms with Crippen LogP contribution in [0, 0.1) is 0 Å². The van der Waals surface area contributed by atoms with Gasteiger partial charge < -0.3 is 5.32 Å². The summed E-state index contributed by atoms with van der Waals surface area (Å²) in [6.45, 7) is 2.03. The molecule has 1 unspecified atom stereocenters. The summed E-state index contributed by atoms with van der Waals surface area (Å²) in [5, 5.41) is 11.3. The van der Waals surface area contributed by atoms with Crippen LogP contribution in [0.1, 0.15) is 24.1 Å². The lowest BCUT2D eigenvalue weighted by Gasteiger charge is -2.14. The Morgan fingerprint density at radius 3 is 2.07 bits per heavy atom. The number of hydrogen-bond donors (Lipinski definition) is 2. The number of nitrogens with zero attached hydrogens (tertiary/aromatic N) is 2. The normalized spacial score (nSPS) is 12.3. The van der Waals surface area contributed by atoms with Crippen molar-refractivity contribution in [1.82, 2.24) is 10.2 Å². The summed E-state index contributed by atoms with van der Waals surface area (Å²) in [5.41, 5.74) is 2.10. The van der Waals surface area contributed by atoms with Crippen LogP contribution in [0.3, 0.4) is 0 Å². The minimum absolute atomic E-state index is 0.0102. The molecule has 0 amide bonds. The predicted octanol–water partition coefficient (Wildman–Crippen LogP) is 3.63. The average Bonchev–Trinajstić information content (AvgIpc) is 2.69. The van der Waals surface area contributed by atoms with Gasteiger partial charge in [-0.2, -0.15) is 0 Å². The summed E-state index contributed by atoms with van der Waals surface area (Å²) in [4.78, 5) is 0. The van der Waals surface area contributed by atoms with Gasteiger partial charge in [-0.25, -0.2) is 8.42 Å². The Hall–Kier alpha value is -2.93. The molecule has 27 heavy (non-hydrogen) atoms. The van der Waals surface area contributed by atoms with Gasteiger partial charge in [0.05, 0.1) is 5.75 Å². The highest BCUT2D eigenvalue weighted by molar-refractivity contribution is 7.92. The standard InChI is InChI=1S/C20H22N4O2S/c1-16(18-10-6-3-7-11-18)21-19-12-13-20(23-22-19)24-27(25,26)15-14-17-8-4-2-5-9-17/h2-13,16H,14-15H2,1H3,(H,21,22)(H,23,24). The third-order valence-electron chi connectivity index (χ3n) is 4.09. The van der Waals surface area contributed by atoms with Crippen LogP contribution in [0.5, 0.6) is 0 Å². The van der Waals surface area contributed by atoms with E-state index in [1.54, 1.807) is 12.1 Å². The Balaban J connectivity index is 1.56. The van der Waals surface area contributed by atoms with Gasteiger partial charge in [0.2, 0.25) is 10.0 Å². The van der Waals surface area contributed by atoms with E-state index in [1.165, 1.54) is 0 Å². The molecule has 6 nitrogen and oxygen atoms in total. The molecule has 7 heteroatoms. The molecule has 0 aliphatic rings. The molecule has 3 aromatic rings. The predicted molar refractivity (Wildman–Crippen MR) is 108 cm³/mol. The number of hydrogen-bond acceptors (Lipinski definition) is 5. The van der Waals surface area contributed by atoms with E-state index in [-0.39, 0.29) is 17.6 Å². The first kappa shape index (κ1) is 18.8. The summed E-state index contributed by atoms with van der Waals surface area (Å²) in [6.07, 6.45) is 0.442. The fourth-order valence-corrected chi connectivity index (χ4v) is 3.65. The molecule has 2 N–H and O–H groups in total. The topological polar surface area (TPSA) is 84.0 Å². The number of aromatic nitrogens is 2. The highest BCUT2D eigenvalue weighted by Crippen LogP contribution is 2.17. The lowest BCUT2D eigenvalue weighted by molar-refractivity contribution is 0.600. The van der Waals surface area contributed by atoms with Crippen molar-refractivity contribution in [3.8, 4) is 0 Å². The van der Waals surface area contributed by atoms with Gasteiger partial charge in [-0.05, 0) is 36.6 Å². The summed E-state index contributed by atoms with van der Waals surface area (Å²) < 4.78 is 26.9. The van der Waals surface area contributed by atoms with Crippen molar-refractivity contribution in [2.24, 2.45) is 0 Å². The second kappa shape index (κ2) is 8.64. The molecule has 2 aromatic carbocycles. The Kier molecular flexibility index (Phi) is 6.03. The maximum Gasteiger partial charge on any atom is 0.234 e. The molecule has 1 heterocycles. The van der Waals surface area contributed by atoms with E-state index in [4.69, 9.17) is 0 Å². The van der Waals surface area contributed by atoms with Crippen molar-refractivity contribution in [3.63, 3.8) is 0 Å². The molecular weight excluding hydrogens is 360 g/mol. The summed E-state index contributed by atoms with van der Waals surface area (Å²) in [5.74, 6) is 0.781. The van der Waals surface area contributed by atoms with Gasteiger partial charge in [0, 0.05) is 6.04 Å². The molecule has 0 spiro atoms. The molecule has 0 aliphatic carbocycles. The van der Waals surface area contributed by atoms with E-state index in [9.17, 15) is 8.42 Å². The van der Waals surface area contributed by atoms with Gasteiger partial charge in [-0.15, -0.1) is 10.2 Å². The maximum absolute atomic E-state index is 12.2. The van der Waals surface area contributed by atoms with Gasteiger partial charge in [0.15, 0.2) is 5.82 Å². The van der Waals surface area contributed by atoms with Crippen LogP contribution in [0.25, 0.3) is 0 Å². The van der Waals surface area contributed by atoms with E-state index in [2.05, 4.69) is 20.2 Å². The third kappa shape index (κ3) is 5.79. The molecule has 0 saturated carbocycles. The van der Waals surface area contributed by atoms with E-state index >= 15 is 0 Å². The molecule has 0 bridgehead atoms. The zero-order valence-electron chi connectivity index (χ0n) is 15.0. The van der Waals surface area contributed by atoms with Crippen molar-refractivity contribution in [1.29, 1.82) is 0 Å². The number of rotatable bonds is 8. The highest BCUT2D eigenvalue weighted by atomic mass is 32.2. The van der Waals surface area contributed by atoms with Crippen LogP contribution in [0.4, 0.5) is 11.6 Å². The monoisotopic (exact) mass is 382 g/mol. The van der Waals surface area contributed by atoms with Crippen molar-refractivity contribution >= 4 is 21.7 Å². The first-order valence-electron chi connectivity index (χ1n) is 8.71. The van der Waals surface area contributed by atoms with Gasteiger partial charge in [-0.1, -0.05) is 60.7 Å². The Labute approximate surface area is 159 Å². The van der Waals surface area contributed by atoms with E-state index < -0.39 is 10.0 Å².